The van der Waals surface area contributed by atoms with Crippen LogP contribution < -0.4 is 0 Å². The number of benzene rings is 2. The summed E-state index contributed by atoms with van der Waals surface area (Å²) < 4.78 is 43.1. The second-order valence-corrected chi connectivity index (χ2v) is 8.56. The van der Waals surface area contributed by atoms with Crippen LogP contribution in [-0.4, -0.2) is 0 Å². The van der Waals surface area contributed by atoms with Crippen LogP contribution in [-0.2, 0) is 0 Å². The first-order valence-electron chi connectivity index (χ1n) is 10.1. The largest absolute Gasteiger partial charge is 0.211 e. The maximum absolute atomic E-state index is 15.1. The van der Waals surface area contributed by atoms with Crippen molar-refractivity contribution in [3.8, 4) is 0 Å². The summed E-state index contributed by atoms with van der Waals surface area (Å²) >= 11 is 0. The molecule has 3 aliphatic rings. The minimum Gasteiger partial charge on any atom is -0.211 e. The predicted molar refractivity (Wildman–Crippen MR) is 113 cm³/mol. The van der Waals surface area contributed by atoms with E-state index < -0.39 is 22.5 Å². The summed E-state index contributed by atoms with van der Waals surface area (Å²) in [5.74, 6) is -1.78. The summed E-state index contributed by atoms with van der Waals surface area (Å²) in [7, 11) is 0. The van der Waals surface area contributed by atoms with Crippen molar-refractivity contribution < 1.29 is 13.2 Å². The van der Waals surface area contributed by atoms with Crippen molar-refractivity contribution in [2.75, 3.05) is 0 Å². The Labute approximate surface area is 170 Å². The third-order valence-corrected chi connectivity index (χ3v) is 6.54. The van der Waals surface area contributed by atoms with Crippen LogP contribution in [0.15, 0.2) is 60.5 Å². The Bertz CT molecular complexity index is 1000. The Hall–Kier alpha value is -2.55. The fourth-order valence-corrected chi connectivity index (χ4v) is 4.38. The second-order valence-electron chi connectivity index (χ2n) is 8.56. The quantitative estimate of drug-likeness (QED) is 0.498. The molecule has 0 aliphatic heterocycles. The van der Waals surface area contributed by atoms with Gasteiger partial charge < -0.3 is 0 Å². The molecule has 150 valence electrons. The monoisotopic (exact) mass is 394 g/mol. The van der Waals surface area contributed by atoms with Crippen molar-refractivity contribution in [2.45, 2.75) is 39.5 Å². The Morgan fingerprint density at radius 1 is 0.759 bits per heavy atom. The summed E-state index contributed by atoms with van der Waals surface area (Å²) in [6.45, 7) is 3.58. The first-order chi connectivity index (χ1) is 13.8. The average Bonchev–Trinajstić information content (AvgIpc) is 2.72. The van der Waals surface area contributed by atoms with Gasteiger partial charge in [-0.15, -0.1) is 0 Å². The fraction of sp³-hybridized carbons (Fsp3) is 0.308. The number of aryl methyl sites for hydroxylation is 2. The van der Waals surface area contributed by atoms with Crippen LogP contribution in [0.4, 0.5) is 13.2 Å². The van der Waals surface area contributed by atoms with Crippen LogP contribution >= 0.6 is 0 Å². The number of hydrogen-bond acceptors (Lipinski definition) is 0. The van der Waals surface area contributed by atoms with Crippen LogP contribution in [0.25, 0.3) is 12.2 Å². The van der Waals surface area contributed by atoms with Crippen molar-refractivity contribution >= 4 is 12.2 Å². The number of hydrogen-bond donors (Lipinski definition) is 0. The summed E-state index contributed by atoms with van der Waals surface area (Å²) in [6.07, 6.45) is 12.2. The molecule has 0 aromatic heterocycles. The van der Waals surface area contributed by atoms with Crippen molar-refractivity contribution in [1.29, 1.82) is 0 Å². The minimum atomic E-state index is -0.843. The third-order valence-electron chi connectivity index (χ3n) is 6.54. The SMILES string of the molecule is Cc1ccc(/C=C/C23CCC(/C=C/c4ccc(C)c(F)c4F)(C=C2F)CC3)cc1. The highest BCUT2D eigenvalue weighted by molar-refractivity contribution is 5.55. The molecule has 2 bridgehead atoms. The van der Waals surface area contributed by atoms with E-state index in [4.69, 9.17) is 0 Å². The molecular formula is C26H25F3. The summed E-state index contributed by atoms with van der Waals surface area (Å²) in [5.41, 5.74) is 1.79. The van der Waals surface area contributed by atoms with E-state index in [-0.39, 0.29) is 17.0 Å². The van der Waals surface area contributed by atoms with Crippen molar-refractivity contribution in [3.63, 3.8) is 0 Å². The zero-order valence-corrected chi connectivity index (χ0v) is 16.8. The molecule has 1 fully saturated rings. The Balaban J connectivity index is 1.57. The molecule has 3 heteroatoms. The molecule has 3 aliphatic carbocycles. The lowest BCUT2D eigenvalue weighted by atomic mass is 9.57. The highest BCUT2D eigenvalue weighted by Crippen LogP contribution is 2.58. The number of halogens is 3. The normalized spacial score (nSPS) is 26.4. The molecular weight excluding hydrogens is 369 g/mol. The van der Waals surface area contributed by atoms with Crippen LogP contribution in [0.1, 0.15) is 47.9 Å². The Morgan fingerprint density at radius 3 is 2.10 bits per heavy atom. The van der Waals surface area contributed by atoms with Gasteiger partial charge >= 0.3 is 0 Å². The van der Waals surface area contributed by atoms with Gasteiger partial charge in [-0.25, -0.2) is 13.2 Å². The van der Waals surface area contributed by atoms with Gasteiger partial charge in [0.15, 0.2) is 11.6 Å². The Morgan fingerprint density at radius 2 is 1.45 bits per heavy atom. The summed E-state index contributed by atoms with van der Waals surface area (Å²) in [6, 6.07) is 11.3. The van der Waals surface area contributed by atoms with Crippen molar-refractivity contribution in [1.82, 2.24) is 0 Å². The number of allylic oxidation sites excluding steroid dienone is 4. The van der Waals surface area contributed by atoms with E-state index in [1.54, 1.807) is 24.3 Å². The predicted octanol–water partition coefficient (Wildman–Crippen LogP) is 7.72. The van der Waals surface area contributed by atoms with Crippen LogP contribution in [0, 0.1) is 36.3 Å². The van der Waals surface area contributed by atoms with E-state index in [1.807, 2.05) is 49.4 Å². The molecule has 0 N–H and O–H groups in total. The van der Waals surface area contributed by atoms with Crippen molar-refractivity contribution in [3.05, 3.63) is 94.3 Å². The number of rotatable bonds is 4. The van der Waals surface area contributed by atoms with Gasteiger partial charge in [0.1, 0.15) is 5.83 Å². The van der Waals surface area contributed by atoms with Gasteiger partial charge in [-0.3, -0.25) is 0 Å². The van der Waals surface area contributed by atoms with Gasteiger partial charge in [-0.1, -0.05) is 66.3 Å². The average molecular weight is 394 g/mol. The first kappa shape index (κ1) is 19.8. The lowest BCUT2D eigenvalue weighted by Crippen LogP contribution is -2.37. The molecule has 0 amide bonds. The standard InChI is InChI=1S/C26H25F3/c1-18-3-6-20(7-4-18)9-12-26-15-13-25(14-16-26,17-22(26)27)11-10-21-8-5-19(2)23(28)24(21)29/h3-12,17H,13-16H2,1-2H3/b11-10+,12-9+. The summed E-state index contributed by atoms with van der Waals surface area (Å²) in [5, 5.41) is 0. The fourth-order valence-electron chi connectivity index (χ4n) is 4.38. The smallest absolute Gasteiger partial charge is 0.166 e. The van der Waals surface area contributed by atoms with E-state index in [1.165, 1.54) is 12.5 Å². The lowest BCUT2D eigenvalue weighted by Gasteiger charge is -2.47. The molecule has 1 saturated carbocycles. The maximum atomic E-state index is 15.1. The van der Waals surface area contributed by atoms with E-state index in [9.17, 15) is 8.78 Å². The molecule has 0 atom stereocenters. The van der Waals surface area contributed by atoms with Gasteiger partial charge in [0.05, 0.1) is 0 Å². The highest BCUT2D eigenvalue weighted by atomic mass is 19.2. The molecule has 29 heavy (non-hydrogen) atoms. The summed E-state index contributed by atoms with van der Waals surface area (Å²) in [4.78, 5) is 0. The molecule has 2 aromatic rings. The minimum absolute atomic E-state index is 0.112. The number of fused-ring (bicyclic) bond motifs is 2. The lowest BCUT2D eigenvalue weighted by molar-refractivity contribution is 0.153. The maximum Gasteiger partial charge on any atom is 0.166 e. The van der Waals surface area contributed by atoms with Gasteiger partial charge in [0, 0.05) is 16.4 Å². The molecule has 0 nitrogen and oxygen atoms in total. The van der Waals surface area contributed by atoms with Gasteiger partial charge in [0.2, 0.25) is 0 Å². The second kappa shape index (κ2) is 7.37. The topological polar surface area (TPSA) is 0 Å². The molecule has 2 aromatic carbocycles. The molecule has 0 heterocycles. The first-order valence-corrected chi connectivity index (χ1v) is 10.1. The van der Waals surface area contributed by atoms with Crippen LogP contribution in [0.2, 0.25) is 0 Å². The van der Waals surface area contributed by atoms with Crippen molar-refractivity contribution in [2.24, 2.45) is 10.8 Å². The molecule has 0 radical (unpaired) electrons. The van der Waals surface area contributed by atoms with E-state index >= 15 is 4.39 Å². The van der Waals surface area contributed by atoms with E-state index in [2.05, 4.69) is 0 Å². The van der Waals surface area contributed by atoms with E-state index in [0.717, 1.165) is 18.4 Å². The zero-order chi connectivity index (χ0) is 20.6. The van der Waals surface area contributed by atoms with Gasteiger partial charge in [-0.2, -0.15) is 0 Å². The van der Waals surface area contributed by atoms with Gasteiger partial charge in [0.25, 0.3) is 0 Å². The zero-order valence-electron chi connectivity index (χ0n) is 16.8. The van der Waals surface area contributed by atoms with Gasteiger partial charge in [-0.05, 0) is 56.7 Å². The van der Waals surface area contributed by atoms with Crippen LogP contribution in [0.5, 0.6) is 0 Å². The molecule has 0 unspecified atom stereocenters. The molecule has 0 spiro atoms. The third kappa shape index (κ3) is 3.71. The van der Waals surface area contributed by atoms with E-state index in [0.29, 0.717) is 12.8 Å². The Kier molecular flexibility index (Phi) is 5.02. The molecule has 5 rings (SSSR count). The highest BCUT2D eigenvalue weighted by Gasteiger charge is 2.47. The molecule has 0 saturated heterocycles. The van der Waals surface area contributed by atoms with Crippen LogP contribution in [0.3, 0.4) is 0 Å².